The number of piperidine rings is 1. The van der Waals surface area contributed by atoms with Gasteiger partial charge in [-0.05, 0) is 44.0 Å². The quantitative estimate of drug-likeness (QED) is 0.519. The highest BCUT2D eigenvalue weighted by atomic mass is 32.2. The van der Waals surface area contributed by atoms with Crippen LogP contribution in [0, 0.1) is 12.8 Å². The molecule has 0 aliphatic carbocycles. The number of benzene rings is 2. The lowest BCUT2D eigenvalue weighted by Gasteiger charge is -2.31. The number of amides is 1. The zero-order valence-electron chi connectivity index (χ0n) is 20.7. The Morgan fingerprint density at radius 1 is 1.08 bits per heavy atom. The number of anilines is 1. The van der Waals surface area contributed by atoms with E-state index in [4.69, 9.17) is 9.47 Å². The molecule has 4 rings (SSSR count). The summed E-state index contributed by atoms with van der Waals surface area (Å²) in [5, 5.41) is 2.77. The molecule has 1 unspecified atom stereocenters. The Hall–Kier alpha value is -3.57. The zero-order valence-corrected chi connectivity index (χ0v) is 21.5. The summed E-state index contributed by atoms with van der Waals surface area (Å²) in [6.45, 7) is 2.02. The van der Waals surface area contributed by atoms with Crippen LogP contribution in [0.4, 0.5) is 5.69 Å². The summed E-state index contributed by atoms with van der Waals surface area (Å²) >= 11 is 0. The van der Waals surface area contributed by atoms with Gasteiger partial charge in [-0.25, -0.2) is 13.1 Å². The Balaban J connectivity index is 1.58. The molecule has 2 heterocycles. The van der Waals surface area contributed by atoms with Crippen molar-refractivity contribution in [3.8, 4) is 17.2 Å². The molecule has 1 aromatic heterocycles. The minimum atomic E-state index is -3.95. The molecule has 0 bridgehead atoms. The second kappa shape index (κ2) is 10.2. The molecule has 1 saturated heterocycles. The summed E-state index contributed by atoms with van der Waals surface area (Å²) in [6.07, 6.45) is 1.01. The fraction of sp³-hybridized carbons (Fsp3) is 0.360. The van der Waals surface area contributed by atoms with Crippen LogP contribution in [-0.2, 0) is 21.9 Å². The first-order valence-electron chi connectivity index (χ1n) is 11.6. The highest BCUT2D eigenvalue weighted by Crippen LogP contribution is 2.33. The van der Waals surface area contributed by atoms with Crippen molar-refractivity contribution in [3.05, 3.63) is 64.6 Å². The van der Waals surface area contributed by atoms with Gasteiger partial charge in [-0.3, -0.25) is 14.3 Å². The molecule has 2 aromatic carbocycles. The molecular weight excluding hydrogens is 484 g/mol. The predicted octanol–water partition coefficient (Wildman–Crippen LogP) is 2.54. The molecule has 1 N–H and O–H groups in total. The lowest BCUT2D eigenvalue weighted by atomic mass is 9.99. The third-order valence-corrected chi connectivity index (χ3v) is 8.43. The van der Waals surface area contributed by atoms with Gasteiger partial charge in [0.2, 0.25) is 15.9 Å². The van der Waals surface area contributed by atoms with Gasteiger partial charge in [-0.2, -0.15) is 4.31 Å². The number of aromatic nitrogens is 2. The van der Waals surface area contributed by atoms with Crippen molar-refractivity contribution in [2.45, 2.75) is 24.7 Å². The summed E-state index contributed by atoms with van der Waals surface area (Å²) in [5.41, 5.74) is 1.10. The van der Waals surface area contributed by atoms with E-state index in [0.29, 0.717) is 30.0 Å². The summed E-state index contributed by atoms with van der Waals surface area (Å²) < 4.78 is 41.9. The standard InChI is InChI=1S/C25H30N4O6S/c1-17-23(25(31)29(27(17)2)19-10-6-5-7-11-19)26-24(30)18-9-8-14-28(16-18)36(32,33)22-15-20(34-3)12-13-21(22)35-4/h5-7,10-13,15,18H,8-9,14,16H2,1-4H3,(H,26,30). The molecule has 36 heavy (non-hydrogen) atoms. The number of nitrogens with one attached hydrogen (secondary N) is 1. The van der Waals surface area contributed by atoms with Crippen LogP contribution in [-0.4, -0.2) is 55.3 Å². The van der Waals surface area contributed by atoms with Gasteiger partial charge in [0, 0.05) is 26.2 Å². The number of rotatable bonds is 7. The van der Waals surface area contributed by atoms with Gasteiger partial charge in [-0.15, -0.1) is 0 Å². The van der Waals surface area contributed by atoms with Crippen LogP contribution in [0.15, 0.2) is 58.2 Å². The largest absolute Gasteiger partial charge is 0.497 e. The number of carbonyl (C=O) groups is 1. The van der Waals surface area contributed by atoms with Crippen LogP contribution in [0.2, 0.25) is 0 Å². The maximum Gasteiger partial charge on any atom is 0.295 e. The highest BCUT2D eigenvalue weighted by Gasteiger charge is 2.35. The Bertz CT molecular complexity index is 1430. The molecule has 11 heteroatoms. The molecule has 0 spiro atoms. The Morgan fingerprint density at radius 3 is 2.47 bits per heavy atom. The molecule has 0 saturated carbocycles. The van der Waals surface area contributed by atoms with Gasteiger partial charge in [0.25, 0.3) is 5.56 Å². The number of sulfonamides is 1. The zero-order chi connectivity index (χ0) is 26.0. The lowest BCUT2D eigenvalue weighted by molar-refractivity contribution is -0.120. The summed E-state index contributed by atoms with van der Waals surface area (Å²) in [7, 11) is 0.648. The van der Waals surface area contributed by atoms with Crippen LogP contribution < -0.4 is 20.3 Å². The van der Waals surface area contributed by atoms with Crippen molar-refractivity contribution in [2.75, 3.05) is 32.6 Å². The topological polar surface area (TPSA) is 112 Å². The van der Waals surface area contributed by atoms with Crippen LogP contribution in [0.3, 0.4) is 0 Å². The van der Waals surface area contributed by atoms with Crippen LogP contribution in [0.1, 0.15) is 18.5 Å². The minimum Gasteiger partial charge on any atom is -0.497 e. The minimum absolute atomic E-state index is 0.00666. The number of hydrogen-bond acceptors (Lipinski definition) is 6. The average Bonchev–Trinajstić information content (AvgIpc) is 3.11. The van der Waals surface area contributed by atoms with E-state index in [0.717, 1.165) is 0 Å². The van der Waals surface area contributed by atoms with Crippen molar-refractivity contribution in [3.63, 3.8) is 0 Å². The number of ether oxygens (including phenoxy) is 2. The molecule has 1 atom stereocenters. The van der Waals surface area contributed by atoms with Gasteiger partial charge >= 0.3 is 0 Å². The van der Waals surface area contributed by atoms with E-state index in [2.05, 4.69) is 5.32 Å². The molecular formula is C25H30N4O6S. The van der Waals surface area contributed by atoms with Crippen LogP contribution in [0.5, 0.6) is 11.5 Å². The summed E-state index contributed by atoms with van der Waals surface area (Å²) in [5.74, 6) is -0.425. The number of nitrogens with zero attached hydrogens (tertiary/aromatic N) is 3. The van der Waals surface area contributed by atoms with Crippen LogP contribution >= 0.6 is 0 Å². The van der Waals surface area contributed by atoms with Crippen LogP contribution in [0.25, 0.3) is 5.69 Å². The number of para-hydroxylation sites is 1. The van der Waals surface area contributed by atoms with E-state index in [9.17, 15) is 18.0 Å². The smallest absolute Gasteiger partial charge is 0.295 e. The van der Waals surface area contributed by atoms with E-state index in [1.807, 2.05) is 30.3 Å². The summed E-state index contributed by atoms with van der Waals surface area (Å²) in [6, 6.07) is 13.7. The summed E-state index contributed by atoms with van der Waals surface area (Å²) in [4.78, 5) is 26.4. The average molecular weight is 515 g/mol. The Labute approximate surface area is 210 Å². The third kappa shape index (κ3) is 4.63. The molecule has 0 radical (unpaired) electrons. The second-order valence-corrected chi connectivity index (χ2v) is 10.6. The van der Waals surface area contributed by atoms with Crippen molar-refractivity contribution >= 4 is 21.6 Å². The highest BCUT2D eigenvalue weighted by molar-refractivity contribution is 7.89. The SMILES string of the molecule is COc1ccc(OC)c(S(=O)(=O)N2CCCC(C(=O)Nc3c(C)n(C)n(-c4ccccc4)c3=O)C2)c1. The van der Waals surface area contributed by atoms with Gasteiger partial charge < -0.3 is 14.8 Å². The van der Waals surface area contributed by atoms with Gasteiger partial charge in [0.1, 0.15) is 22.1 Å². The first kappa shape index (κ1) is 25.5. The fourth-order valence-electron chi connectivity index (χ4n) is 4.44. The van der Waals surface area contributed by atoms with Gasteiger partial charge in [-0.1, -0.05) is 18.2 Å². The molecule has 1 aliphatic heterocycles. The Kier molecular flexibility index (Phi) is 7.23. The van der Waals surface area contributed by atoms with E-state index in [-0.39, 0.29) is 35.0 Å². The van der Waals surface area contributed by atoms with Crippen molar-refractivity contribution in [1.82, 2.24) is 13.7 Å². The van der Waals surface area contributed by atoms with Crippen molar-refractivity contribution in [2.24, 2.45) is 13.0 Å². The predicted molar refractivity (Wildman–Crippen MR) is 135 cm³/mol. The van der Waals surface area contributed by atoms with E-state index < -0.39 is 21.8 Å². The molecule has 1 amide bonds. The maximum atomic E-state index is 13.5. The molecule has 1 aliphatic rings. The third-order valence-electron chi connectivity index (χ3n) is 6.55. The van der Waals surface area contributed by atoms with Gasteiger partial charge in [0.15, 0.2) is 0 Å². The van der Waals surface area contributed by atoms with Crippen molar-refractivity contribution < 1.29 is 22.7 Å². The first-order chi connectivity index (χ1) is 17.2. The number of methoxy groups -OCH3 is 2. The lowest BCUT2D eigenvalue weighted by Crippen LogP contribution is -2.44. The van der Waals surface area contributed by atoms with E-state index >= 15 is 0 Å². The fourth-order valence-corrected chi connectivity index (χ4v) is 6.13. The Morgan fingerprint density at radius 2 is 1.81 bits per heavy atom. The maximum absolute atomic E-state index is 13.5. The van der Waals surface area contributed by atoms with Crippen molar-refractivity contribution in [1.29, 1.82) is 0 Å². The van der Waals surface area contributed by atoms with E-state index in [1.54, 1.807) is 24.7 Å². The normalized spacial score (nSPS) is 16.5. The second-order valence-electron chi connectivity index (χ2n) is 8.64. The van der Waals surface area contributed by atoms with E-state index in [1.165, 1.54) is 35.3 Å². The molecule has 3 aromatic rings. The molecule has 192 valence electrons. The molecule has 10 nitrogen and oxygen atoms in total. The first-order valence-corrected chi connectivity index (χ1v) is 13.0. The van der Waals surface area contributed by atoms with Gasteiger partial charge in [0.05, 0.1) is 31.5 Å². The number of hydrogen-bond donors (Lipinski definition) is 1. The number of carbonyl (C=O) groups excluding carboxylic acids is 1. The molecule has 1 fully saturated rings. The monoisotopic (exact) mass is 514 g/mol.